The van der Waals surface area contributed by atoms with E-state index in [0.29, 0.717) is 6.54 Å². The summed E-state index contributed by atoms with van der Waals surface area (Å²) in [5, 5.41) is 14.1. The summed E-state index contributed by atoms with van der Waals surface area (Å²) < 4.78 is 0. The zero-order valence-corrected chi connectivity index (χ0v) is 11.8. The van der Waals surface area contributed by atoms with E-state index < -0.39 is 4.92 Å². The number of nitrogens with two attached hydrogens (primary N) is 1. The molecule has 0 radical (unpaired) electrons. The van der Waals surface area contributed by atoms with Gasteiger partial charge in [-0.25, -0.2) is 10.8 Å². The number of nitrogens with zero attached hydrogens (tertiary/aromatic N) is 3. The fourth-order valence-electron chi connectivity index (χ4n) is 1.72. The van der Waals surface area contributed by atoms with Gasteiger partial charge in [-0.2, -0.15) is 4.98 Å². The largest absolute Gasteiger partial charge is 0.359 e. The van der Waals surface area contributed by atoms with Crippen molar-refractivity contribution in [1.29, 1.82) is 0 Å². The Morgan fingerprint density at radius 1 is 1.40 bits per heavy atom. The van der Waals surface area contributed by atoms with Crippen molar-refractivity contribution in [3.05, 3.63) is 37.7 Å². The van der Waals surface area contributed by atoms with E-state index in [9.17, 15) is 10.1 Å². The molecule has 20 heavy (non-hydrogen) atoms. The van der Waals surface area contributed by atoms with E-state index in [-0.39, 0.29) is 23.1 Å². The van der Waals surface area contributed by atoms with Crippen LogP contribution in [0.25, 0.3) is 0 Å². The first-order valence-electron chi connectivity index (χ1n) is 5.80. The lowest BCUT2D eigenvalue weighted by atomic mass is 10.3. The Balaban J connectivity index is 2.28. The zero-order valence-electron chi connectivity index (χ0n) is 11.0. The van der Waals surface area contributed by atoms with Gasteiger partial charge in [-0.3, -0.25) is 15.5 Å². The van der Waals surface area contributed by atoms with Crippen molar-refractivity contribution >= 4 is 28.8 Å². The molecule has 0 fully saturated rings. The van der Waals surface area contributed by atoms with Crippen molar-refractivity contribution in [1.82, 2.24) is 9.97 Å². The maximum atomic E-state index is 11.1. The molecule has 2 aromatic heterocycles. The molecule has 0 amide bonds. The van der Waals surface area contributed by atoms with Gasteiger partial charge in [-0.15, -0.1) is 11.3 Å². The van der Waals surface area contributed by atoms with Crippen LogP contribution in [0, 0.1) is 24.0 Å². The Morgan fingerprint density at radius 3 is 2.70 bits per heavy atom. The van der Waals surface area contributed by atoms with Gasteiger partial charge in [0.1, 0.15) is 5.69 Å². The van der Waals surface area contributed by atoms with Gasteiger partial charge in [-0.1, -0.05) is 0 Å². The molecule has 2 aromatic rings. The summed E-state index contributed by atoms with van der Waals surface area (Å²) in [5.41, 5.74) is 2.41. The number of hydrazine groups is 1. The number of hydrogen-bond acceptors (Lipinski definition) is 8. The summed E-state index contributed by atoms with van der Waals surface area (Å²) in [5.74, 6) is 5.54. The average Bonchev–Trinajstić information content (AvgIpc) is 2.81. The van der Waals surface area contributed by atoms with Crippen LogP contribution in [0.2, 0.25) is 0 Å². The van der Waals surface area contributed by atoms with Crippen LogP contribution in [-0.2, 0) is 6.54 Å². The molecule has 0 aliphatic rings. The lowest BCUT2D eigenvalue weighted by Crippen LogP contribution is -2.14. The van der Waals surface area contributed by atoms with Crippen LogP contribution in [0.5, 0.6) is 0 Å². The second-order valence-electron chi connectivity index (χ2n) is 4.10. The minimum atomic E-state index is -0.502. The third kappa shape index (κ3) is 3.00. The number of nitrogens with one attached hydrogen (secondary N) is 2. The van der Waals surface area contributed by atoms with Crippen molar-refractivity contribution in [2.24, 2.45) is 5.84 Å². The van der Waals surface area contributed by atoms with Gasteiger partial charge < -0.3 is 5.32 Å². The van der Waals surface area contributed by atoms with E-state index in [1.54, 1.807) is 18.3 Å². The van der Waals surface area contributed by atoms with Crippen LogP contribution in [-0.4, -0.2) is 14.9 Å². The van der Waals surface area contributed by atoms with Gasteiger partial charge in [-0.05, 0) is 26.0 Å². The minimum absolute atomic E-state index is 0.137. The van der Waals surface area contributed by atoms with Crippen molar-refractivity contribution in [2.75, 3.05) is 10.7 Å². The Bertz CT molecular complexity index is 642. The van der Waals surface area contributed by atoms with E-state index in [1.807, 2.05) is 19.1 Å². The topological polar surface area (TPSA) is 119 Å². The number of anilines is 2. The first-order valence-corrected chi connectivity index (χ1v) is 6.61. The van der Waals surface area contributed by atoms with Crippen molar-refractivity contribution in [3.63, 3.8) is 0 Å². The molecule has 0 atom stereocenters. The summed E-state index contributed by atoms with van der Waals surface area (Å²) >= 11 is 1.62. The summed E-state index contributed by atoms with van der Waals surface area (Å²) in [7, 11) is 0. The van der Waals surface area contributed by atoms with Gasteiger partial charge in [0.15, 0.2) is 0 Å². The van der Waals surface area contributed by atoms with Crippen LogP contribution in [0.3, 0.4) is 0 Å². The highest BCUT2D eigenvalue weighted by atomic mass is 32.1. The fraction of sp³-hybridized carbons (Fsp3) is 0.273. The molecule has 0 aliphatic carbocycles. The van der Waals surface area contributed by atoms with E-state index in [1.165, 1.54) is 4.88 Å². The fourth-order valence-corrected chi connectivity index (χ4v) is 2.55. The van der Waals surface area contributed by atoms with Crippen molar-refractivity contribution in [3.8, 4) is 0 Å². The van der Waals surface area contributed by atoms with Gasteiger partial charge in [0.05, 0.1) is 11.5 Å². The van der Waals surface area contributed by atoms with E-state index >= 15 is 0 Å². The highest BCUT2D eigenvalue weighted by Crippen LogP contribution is 2.27. The summed E-state index contributed by atoms with van der Waals surface area (Å²) in [6.07, 6.45) is 0. The van der Waals surface area contributed by atoms with Crippen molar-refractivity contribution in [2.45, 2.75) is 20.4 Å². The smallest absolute Gasteiger partial charge is 0.332 e. The Hall–Kier alpha value is -2.26. The highest BCUT2D eigenvalue weighted by Gasteiger charge is 2.21. The molecule has 0 aromatic carbocycles. The lowest BCUT2D eigenvalue weighted by molar-refractivity contribution is -0.385. The van der Waals surface area contributed by atoms with E-state index in [0.717, 1.165) is 4.88 Å². The molecule has 0 saturated carbocycles. The second-order valence-corrected chi connectivity index (χ2v) is 5.47. The van der Waals surface area contributed by atoms with E-state index in [4.69, 9.17) is 5.84 Å². The number of aromatic nitrogens is 2. The maximum absolute atomic E-state index is 11.1. The SMILES string of the molecule is Cc1ccc(CNc2nc(NN)nc(C)c2[N+](=O)[O-])s1. The van der Waals surface area contributed by atoms with Gasteiger partial charge in [0.2, 0.25) is 11.8 Å². The Morgan fingerprint density at radius 2 is 2.15 bits per heavy atom. The summed E-state index contributed by atoms with van der Waals surface area (Å²) in [6.45, 7) is 4.00. The molecule has 4 N–H and O–H groups in total. The first-order chi connectivity index (χ1) is 9.51. The van der Waals surface area contributed by atoms with Gasteiger partial charge >= 0.3 is 5.69 Å². The zero-order chi connectivity index (χ0) is 14.7. The molecule has 0 bridgehead atoms. The molecule has 9 heteroatoms. The quantitative estimate of drug-likeness (QED) is 0.438. The molecule has 8 nitrogen and oxygen atoms in total. The van der Waals surface area contributed by atoms with Gasteiger partial charge in [0, 0.05) is 9.75 Å². The molecule has 0 spiro atoms. The molecule has 0 saturated heterocycles. The monoisotopic (exact) mass is 294 g/mol. The normalized spacial score (nSPS) is 10.3. The molecule has 106 valence electrons. The standard InChI is InChI=1S/C11H14N6O2S/c1-6-3-4-8(20-6)5-13-10-9(17(18)19)7(2)14-11(15-10)16-12/h3-4H,5,12H2,1-2H3,(H2,13,14,15,16). The molecular weight excluding hydrogens is 280 g/mol. The number of aryl methyl sites for hydroxylation is 2. The van der Waals surface area contributed by atoms with Crippen LogP contribution in [0.15, 0.2) is 12.1 Å². The minimum Gasteiger partial charge on any atom is -0.359 e. The first kappa shape index (κ1) is 14.2. The molecule has 2 heterocycles. The van der Waals surface area contributed by atoms with Crippen LogP contribution < -0.4 is 16.6 Å². The van der Waals surface area contributed by atoms with Crippen LogP contribution in [0.1, 0.15) is 15.4 Å². The summed E-state index contributed by atoms with van der Waals surface area (Å²) in [6, 6.07) is 3.96. The number of hydrogen-bond donors (Lipinski definition) is 3. The van der Waals surface area contributed by atoms with Crippen molar-refractivity contribution < 1.29 is 4.92 Å². The Kier molecular flexibility index (Phi) is 4.11. The highest BCUT2D eigenvalue weighted by molar-refractivity contribution is 7.11. The van der Waals surface area contributed by atoms with Crippen LogP contribution >= 0.6 is 11.3 Å². The number of rotatable bonds is 5. The molecular formula is C11H14N6O2S. The average molecular weight is 294 g/mol. The third-order valence-electron chi connectivity index (χ3n) is 2.60. The van der Waals surface area contributed by atoms with Crippen LogP contribution in [0.4, 0.5) is 17.5 Å². The maximum Gasteiger partial charge on any atom is 0.332 e. The number of thiophene rings is 1. The molecule has 0 unspecified atom stereocenters. The molecule has 0 aliphatic heterocycles. The third-order valence-corrected chi connectivity index (χ3v) is 3.60. The second kappa shape index (κ2) is 5.80. The lowest BCUT2D eigenvalue weighted by Gasteiger charge is -2.08. The molecule has 2 rings (SSSR count). The van der Waals surface area contributed by atoms with Gasteiger partial charge in [0.25, 0.3) is 0 Å². The Labute approximate surface area is 119 Å². The number of nitrogen functional groups attached to an aromatic ring is 1. The summed E-state index contributed by atoms with van der Waals surface area (Å²) in [4.78, 5) is 20.7. The number of nitro groups is 1. The van der Waals surface area contributed by atoms with E-state index in [2.05, 4.69) is 20.7 Å². The predicted octanol–water partition coefficient (Wildman–Crippen LogP) is 1.96. The predicted molar refractivity (Wildman–Crippen MR) is 77.6 cm³/mol.